The van der Waals surface area contributed by atoms with Crippen molar-refractivity contribution in [3.63, 3.8) is 0 Å². The van der Waals surface area contributed by atoms with Crippen molar-refractivity contribution in [3.8, 4) is 0 Å². The number of imidazole rings is 1. The molecule has 2 N–H and O–H groups in total. The molecule has 18 heavy (non-hydrogen) atoms. The molecule has 0 fully saturated rings. The van der Waals surface area contributed by atoms with Crippen LogP contribution in [-0.2, 0) is 19.4 Å². The molecule has 1 unspecified atom stereocenters. The van der Waals surface area contributed by atoms with Crippen LogP contribution in [0.25, 0.3) is 0 Å². The lowest BCUT2D eigenvalue weighted by molar-refractivity contribution is 0.598. The van der Waals surface area contributed by atoms with Gasteiger partial charge in [-0.25, -0.2) is 4.98 Å². The first kappa shape index (κ1) is 13.3. The van der Waals surface area contributed by atoms with Gasteiger partial charge in [-0.05, 0) is 25.0 Å². The summed E-state index contributed by atoms with van der Waals surface area (Å²) in [5.74, 6) is 1.09. The van der Waals surface area contributed by atoms with Crippen molar-refractivity contribution in [2.24, 2.45) is 5.73 Å². The van der Waals surface area contributed by atoms with Gasteiger partial charge in [0.2, 0.25) is 0 Å². The standard InChI is InChI=1S/C14H21N3S/c1-3-11(15)9-14-16-7-8-17(14)10-13-6-5-12(4-2)18-13/h5-8,11H,3-4,9-10,15H2,1-2H3. The van der Waals surface area contributed by atoms with E-state index >= 15 is 0 Å². The van der Waals surface area contributed by atoms with Crippen molar-refractivity contribution in [3.05, 3.63) is 40.1 Å². The molecular formula is C14H21N3S. The van der Waals surface area contributed by atoms with Gasteiger partial charge in [0, 0.05) is 34.6 Å². The fourth-order valence-electron chi connectivity index (χ4n) is 1.92. The molecule has 4 heteroatoms. The minimum absolute atomic E-state index is 0.209. The molecule has 3 nitrogen and oxygen atoms in total. The van der Waals surface area contributed by atoms with Gasteiger partial charge in [-0.1, -0.05) is 13.8 Å². The van der Waals surface area contributed by atoms with Crippen LogP contribution in [0, 0.1) is 0 Å². The average molecular weight is 263 g/mol. The highest BCUT2D eigenvalue weighted by Gasteiger charge is 2.08. The van der Waals surface area contributed by atoms with Gasteiger partial charge in [0.15, 0.2) is 0 Å². The van der Waals surface area contributed by atoms with E-state index in [2.05, 4.69) is 35.5 Å². The minimum Gasteiger partial charge on any atom is -0.330 e. The number of rotatable bonds is 6. The molecule has 0 aliphatic heterocycles. The lowest BCUT2D eigenvalue weighted by atomic mass is 10.1. The van der Waals surface area contributed by atoms with Gasteiger partial charge >= 0.3 is 0 Å². The number of aromatic nitrogens is 2. The zero-order valence-electron chi connectivity index (χ0n) is 11.1. The molecular weight excluding hydrogens is 242 g/mol. The topological polar surface area (TPSA) is 43.8 Å². The molecule has 0 aliphatic carbocycles. The van der Waals surface area contributed by atoms with Crippen LogP contribution >= 0.6 is 11.3 Å². The van der Waals surface area contributed by atoms with Gasteiger partial charge in [0.25, 0.3) is 0 Å². The van der Waals surface area contributed by atoms with Crippen molar-refractivity contribution in [1.29, 1.82) is 0 Å². The Morgan fingerprint density at radius 3 is 2.78 bits per heavy atom. The third-order valence-corrected chi connectivity index (χ3v) is 4.38. The van der Waals surface area contributed by atoms with Gasteiger partial charge in [-0.15, -0.1) is 11.3 Å². The van der Waals surface area contributed by atoms with E-state index in [1.165, 1.54) is 9.75 Å². The number of hydrogen-bond donors (Lipinski definition) is 1. The maximum Gasteiger partial charge on any atom is 0.110 e. The van der Waals surface area contributed by atoms with Gasteiger partial charge in [0.1, 0.15) is 5.82 Å². The summed E-state index contributed by atoms with van der Waals surface area (Å²) in [4.78, 5) is 7.24. The lowest BCUT2D eigenvalue weighted by Gasteiger charge is -2.10. The van der Waals surface area contributed by atoms with E-state index in [0.717, 1.165) is 31.6 Å². The molecule has 0 saturated carbocycles. The number of hydrogen-bond acceptors (Lipinski definition) is 3. The second-order valence-corrected chi connectivity index (χ2v) is 5.82. The fraction of sp³-hybridized carbons (Fsp3) is 0.500. The summed E-state index contributed by atoms with van der Waals surface area (Å²) in [5, 5.41) is 0. The fourth-order valence-corrected chi connectivity index (χ4v) is 2.87. The van der Waals surface area contributed by atoms with Crippen LogP contribution in [0.3, 0.4) is 0 Å². The average Bonchev–Trinajstić information content (AvgIpc) is 3.00. The summed E-state index contributed by atoms with van der Waals surface area (Å²) >= 11 is 1.88. The molecule has 0 spiro atoms. The Hall–Kier alpha value is -1.13. The SMILES string of the molecule is CCc1ccc(Cn2ccnc2CC(N)CC)s1. The normalized spacial score (nSPS) is 12.8. The summed E-state index contributed by atoms with van der Waals surface area (Å²) in [7, 11) is 0. The summed E-state index contributed by atoms with van der Waals surface area (Å²) in [5.41, 5.74) is 6.00. The predicted molar refractivity (Wildman–Crippen MR) is 77.0 cm³/mol. The summed E-state index contributed by atoms with van der Waals surface area (Å²) in [6.07, 6.45) is 6.87. The zero-order chi connectivity index (χ0) is 13.0. The summed E-state index contributed by atoms with van der Waals surface area (Å²) < 4.78 is 2.21. The van der Waals surface area contributed by atoms with E-state index in [9.17, 15) is 0 Å². The highest BCUT2D eigenvalue weighted by Crippen LogP contribution is 2.18. The second kappa shape index (κ2) is 6.16. The van der Waals surface area contributed by atoms with Gasteiger partial charge in [-0.3, -0.25) is 0 Å². The molecule has 2 aromatic rings. The van der Waals surface area contributed by atoms with Crippen LogP contribution in [0.5, 0.6) is 0 Å². The van der Waals surface area contributed by atoms with Crippen molar-refractivity contribution in [1.82, 2.24) is 9.55 Å². The van der Waals surface area contributed by atoms with Gasteiger partial charge in [0.05, 0.1) is 6.54 Å². The first-order chi connectivity index (χ1) is 8.72. The van der Waals surface area contributed by atoms with Crippen molar-refractivity contribution >= 4 is 11.3 Å². The van der Waals surface area contributed by atoms with Crippen molar-refractivity contribution in [2.75, 3.05) is 0 Å². The number of nitrogens with two attached hydrogens (primary N) is 1. The number of aryl methyl sites for hydroxylation is 1. The zero-order valence-corrected chi connectivity index (χ0v) is 11.9. The first-order valence-electron chi connectivity index (χ1n) is 6.56. The van der Waals surface area contributed by atoms with E-state index in [4.69, 9.17) is 5.73 Å². The van der Waals surface area contributed by atoms with Crippen LogP contribution in [-0.4, -0.2) is 15.6 Å². The van der Waals surface area contributed by atoms with Crippen LogP contribution < -0.4 is 5.73 Å². The monoisotopic (exact) mass is 263 g/mol. The quantitative estimate of drug-likeness (QED) is 0.871. The molecule has 2 heterocycles. The molecule has 0 amide bonds. The molecule has 0 bridgehead atoms. The van der Waals surface area contributed by atoms with Crippen LogP contribution in [0.1, 0.15) is 35.8 Å². The van der Waals surface area contributed by atoms with E-state index in [-0.39, 0.29) is 6.04 Å². The summed E-state index contributed by atoms with van der Waals surface area (Å²) in [6, 6.07) is 4.64. The van der Waals surface area contributed by atoms with Crippen molar-refractivity contribution in [2.45, 2.75) is 45.7 Å². The summed E-state index contributed by atoms with van der Waals surface area (Å²) in [6.45, 7) is 5.22. The molecule has 2 aromatic heterocycles. The molecule has 0 aromatic carbocycles. The van der Waals surface area contributed by atoms with Gasteiger partial charge < -0.3 is 10.3 Å². The molecule has 2 rings (SSSR count). The largest absolute Gasteiger partial charge is 0.330 e. The molecule has 98 valence electrons. The second-order valence-electron chi connectivity index (χ2n) is 4.57. The predicted octanol–water partition coefficient (Wildman–Crippen LogP) is 2.84. The third kappa shape index (κ3) is 3.21. The Balaban J connectivity index is 2.07. The van der Waals surface area contributed by atoms with Crippen LogP contribution in [0.2, 0.25) is 0 Å². The first-order valence-corrected chi connectivity index (χ1v) is 7.37. The Morgan fingerprint density at radius 2 is 2.11 bits per heavy atom. The Bertz CT molecular complexity index is 487. The van der Waals surface area contributed by atoms with Crippen LogP contribution in [0.15, 0.2) is 24.5 Å². The highest BCUT2D eigenvalue weighted by atomic mass is 32.1. The molecule has 0 aliphatic rings. The van der Waals surface area contributed by atoms with E-state index in [1.54, 1.807) is 0 Å². The molecule has 0 saturated heterocycles. The van der Waals surface area contributed by atoms with E-state index < -0.39 is 0 Å². The number of nitrogens with zero attached hydrogens (tertiary/aromatic N) is 2. The minimum atomic E-state index is 0.209. The van der Waals surface area contributed by atoms with E-state index in [0.29, 0.717) is 0 Å². The Labute approximate surface area is 113 Å². The Kier molecular flexibility index (Phi) is 4.55. The Morgan fingerprint density at radius 1 is 1.33 bits per heavy atom. The van der Waals surface area contributed by atoms with Crippen LogP contribution in [0.4, 0.5) is 0 Å². The van der Waals surface area contributed by atoms with Crippen molar-refractivity contribution < 1.29 is 0 Å². The van der Waals surface area contributed by atoms with E-state index in [1.807, 2.05) is 23.7 Å². The molecule has 0 radical (unpaired) electrons. The third-order valence-electron chi connectivity index (χ3n) is 3.16. The molecule has 1 atom stereocenters. The highest BCUT2D eigenvalue weighted by molar-refractivity contribution is 7.11. The maximum absolute atomic E-state index is 6.00. The number of thiophene rings is 1. The van der Waals surface area contributed by atoms with Gasteiger partial charge in [-0.2, -0.15) is 0 Å². The lowest BCUT2D eigenvalue weighted by Crippen LogP contribution is -2.23. The smallest absolute Gasteiger partial charge is 0.110 e. The maximum atomic E-state index is 6.00.